The van der Waals surface area contributed by atoms with Gasteiger partial charge in [0.15, 0.2) is 0 Å². The van der Waals surface area contributed by atoms with Crippen molar-refractivity contribution in [2.45, 2.75) is 13.3 Å². The highest BCUT2D eigenvalue weighted by Crippen LogP contribution is 1.98. The van der Waals surface area contributed by atoms with E-state index in [0.717, 1.165) is 12.0 Å². The van der Waals surface area contributed by atoms with Crippen LogP contribution in [0.4, 0.5) is 0 Å². The van der Waals surface area contributed by atoms with Gasteiger partial charge in [0.2, 0.25) is 5.91 Å². The molecule has 0 saturated carbocycles. The number of carbonyl (C=O) groups is 1. The lowest BCUT2D eigenvalue weighted by Crippen LogP contribution is -2.21. The van der Waals surface area contributed by atoms with E-state index < -0.39 is 0 Å². The summed E-state index contributed by atoms with van der Waals surface area (Å²) in [5, 5.41) is 6.80. The summed E-state index contributed by atoms with van der Waals surface area (Å²) >= 11 is 0. The third kappa shape index (κ3) is 4.59. The molecular formula is C12H17N3O. The van der Waals surface area contributed by atoms with Crippen molar-refractivity contribution in [2.24, 2.45) is 7.05 Å². The Labute approximate surface area is 95.7 Å². The van der Waals surface area contributed by atoms with Crippen LogP contribution in [0.5, 0.6) is 0 Å². The largest absolute Gasteiger partial charge is 0.352 e. The van der Waals surface area contributed by atoms with Gasteiger partial charge in [-0.15, -0.1) is 0 Å². The zero-order valence-electron chi connectivity index (χ0n) is 9.68. The maximum absolute atomic E-state index is 11.3. The first-order valence-electron chi connectivity index (χ1n) is 5.28. The monoisotopic (exact) mass is 219 g/mol. The SMILES string of the molecule is C/C=C/CCNC(=O)/C=C/c1cnn(C)c1. The number of allylic oxidation sites excluding steroid dienone is 1. The van der Waals surface area contributed by atoms with Crippen LogP contribution in [0.1, 0.15) is 18.9 Å². The Bertz CT molecular complexity index is 391. The zero-order chi connectivity index (χ0) is 11.8. The van der Waals surface area contributed by atoms with Gasteiger partial charge in [0.1, 0.15) is 0 Å². The van der Waals surface area contributed by atoms with Crippen LogP contribution in [0, 0.1) is 0 Å². The average Bonchev–Trinajstić information content (AvgIpc) is 2.68. The molecule has 1 amide bonds. The first-order chi connectivity index (χ1) is 7.72. The average molecular weight is 219 g/mol. The van der Waals surface area contributed by atoms with Gasteiger partial charge in [0.25, 0.3) is 0 Å². The molecule has 1 N–H and O–H groups in total. The molecule has 0 aliphatic rings. The Morgan fingerprint density at radius 3 is 3.06 bits per heavy atom. The van der Waals surface area contributed by atoms with E-state index in [0.29, 0.717) is 6.54 Å². The second-order valence-electron chi connectivity index (χ2n) is 3.43. The van der Waals surface area contributed by atoms with Crippen molar-refractivity contribution in [2.75, 3.05) is 6.54 Å². The molecule has 0 spiro atoms. The number of aryl methyl sites for hydroxylation is 1. The summed E-state index contributed by atoms with van der Waals surface area (Å²) in [6.07, 6.45) is 11.7. The topological polar surface area (TPSA) is 46.9 Å². The van der Waals surface area contributed by atoms with E-state index in [-0.39, 0.29) is 5.91 Å². The summed E-state index contributed by atoms with van der Waals surface area (Å²) in [5.74, 6) is -0.0756. The molecule has 0 aliphatic heterocycles. The van der Waals surface area contributed by atoms with Gasteiger partial charge in [-0.1, -0.05) is 12.2 Å². The number of amides is 1. The summed E-state index contributed by atoms with van der Waals surface area (Å²) in [4.78, 5) is 11.3. The lowest BCUT2D eigenvalue weighted by atomic mass is 10.3. The fourth-order valence-corrected chi connectivity index (χ4v) is 1.20. The van der Waals surface area contributed by atoms with Gasteiger partial charge in [0, 0.05) is 31.4 Å². The van der Waals surface area contributed by atoms with E-state index >= 15 is 0 Å². The third-order valence-corrected chi connectivity index (χ3v) is 2.00. The molecule has 0 unspecified atom stereocenters. The van der Waals surface area contributed by atoms with E-state index in [2.05, 4.69) is 10.4 Å². The van der Waals surface area contributed by atoms with Crippen molar-refractivity contribution in [3.8, 4) is 0 Å². The lowest BCUT2D eigenvalue weighted by Gasteiger charge is -1.97. The number of aromatic nitrogens is 2. The van der Waals surface area contributed by atoms with Gasteiger partial charge in [-0.3, -0.25) is 9.48 Å². The van der Waals surface area contributed by atoms with E-state index in [1.807, 2.05) is 32.3 Å². The Hall–Kier alpha value is -1.84. The predicted molar refractivity (Wildman–Crippen MR) is 64.7 cm³/mol. The molecule has 0 fully saturated rings. The zero-order valence-corrected chi connectivity index (χ0v) is 9.68. The molecule has 0 aliphatic carbocycles. The van der Waals surface area contributed by atoms with Crippen LogP contribution in [0.2, 0.25) is 0 Å². The van der Waals surface area contributed by atoms with Crippen LogP contribution in [0.15, 0.2) is 30.6 Å². The van der Waals surface area contributed by atoms with Crippen molar-refractivity contribution in [3.05, 3.63) is 36.2 Å². The van der Waals surface area contributed by atoms with Crippen LogP contribution >= 0.6 is 0 Å². The molecule has 1 aromatic heterocycles. The molecule has 0 aromatic carbocycles. The summed E-state index contributed by atoms with van der Waals surface area (Å²) in [6, 6.07) is 0. The molecule has 0 bridgehead atoms. The highest BCUT2D eigenvalue weighted by molar-refractivity contribution is 5.91. The van der Waals surface area contributed by atoms with Gasteiger partial charge < -0.3 is 5.32 Å². The maximum atomic E-state index is 11.3. The molecule has 4 heteroatoms. The Morgan fingerprint density at radius 2 is 2.44 bits per heavy atom. The summed E-state index contributed by atoms with van der Waals surface area (Å²) in [5.41, 5.74) is 0.922. The summed E-state index contributed by atoms with van der Waals surface area (Å²) in [6.45, 7) is 2.63. The van der Waals surface area contributed by atoms with Gasteiger partial charge >= 0.3 is 0 Å². The number of hydrogen-bond acceptors (Lipinski definition) is 2. The van der Waals surface area contributed by atoms with Crippen molar-refractivity contribution in [3.63, 3.8) is 0 Å². The standard InChI is InChI=1S/C12H17N3O/c1-3-4-5-8-13-12(16)7-6-11-9-14-15(2)10-11/h3-4,6-7,9-10H,5,8H2,1-2H3,(H,13,16)/b4-3+,7-6+. The molecule has 0 atom stereocenters. The quantitative estimate of drug-likeness (QED) is 0.463. The van der Waals surface area contributed by atoms with Crippen molar-refractivity contribution in [1.82, 2.24) is 15.1 Å². The van der Waals surface area contributed by atoms with Gasteiger partial charge in [-0.2, -0.15) is 5.10 Å². The molecule has 0 saturated heterocycles. The fraction of sp³-hybridized carbons (Fsp3) is 0.333. The normalized spacial score (nSPS) is 11.4. The van der Waals surface area contributed by atoms with E-state index in [1.165, 1.54) is 6.08 Å². The summed E-state index contributed by atoms with van der Waals surface area (Å²) in [7, 11) is 1.84. The van der Waals surface area contributed by atoms with Gasteiger partial charge in [-0.25, -0.2) is 0 Å². The number of carbonyl (C=O) groups excluding carboxylic acids is 1. The van der Waals surface area contributed by atoms with E-state index in [1.54, 1.807) is 17.0 Å². The fourth-order valence-electron chi connectivity index (χ4n) is 1.20. The third-order valence-electron chi connectivity index (χ3n) is 2.00. The number of rotatable bonds is 5. The molecule has 1 aromatic rings. The molecule has 1 heterocycles. The molecular weight excluding hydrogens is 202 g/mol. The number of hydrogen-bond donors (Lipinski definition) is 1. The molecule has 1 rings (SSSR count). The van der Waals surface area contributed by atoms with Crippen LogP contribution < -0.4 is 5.32 Å². The minimum Gasteiger partial charge on any atom is -0.352 e. The lowest BCUT2D eigenvalue weighted by molar-refractivity contribution is -0.116. The first-order valence-corrected chi connectivity index (χ1v) is 5.28. The van der Waals surface area contributed by atoms with Crippen LogP contribution in [-0.4, -0.2) is 22.2 Å². The van der Waals surface area contributed by atoms with Crippen LogP contribution in [-0.2, 0) is 11.8 Å². The van der Waals surface area contributed by atoms with Crippen molar-refractivity contribution in [1.29, 1.82) is 0 Å². The maximum Gasteiger partial charge on any atom is 0.244 e. The minimum absolute atomic E-state index is 0.0756. The number of nitrogens with zero attached hydrogens (tertiary/aromatic N) is 2. The second-order valence-corrected chi connectivity index (χ2v) is 3.43. The second kappa shape index (κ2) is 6.61. The van der Waals surface area contributed by atoms with Crippen LogP contribution in [0.3, 0.4) is 0 Å². The first kappa shape index (κ1) is 12.2. The smallest absolute Gasteiger partial charge is 0.244 e. The molecule has 4 nitrogen and oxygen atoms in total. The Balaban J connectivity index is 2.31. The Morgan fingerprint density at radius 1 is 1.62 bits per heavy atom. The number of nitrogens with one attached hydrogen (secondary N) is 1. The van der Waals surface area contributed by atoms with E-state index in [9.17, 15) is 4.79 Å². The predicted octanol–water partition coefficient (Wildman–Crippen LogP) is 1.52. The highest BCUT2D eigenvalue weighted by atomic mass is 16.1. The molecule has 0 radical (unpaired) electrons. The molecule has 86 valence electrons. The minimum atomic E-state index is -0.0756. The Kier molecular flexibility index (Phi) is 5.05. The van der Waals surface area contributed by atoms with E-state index in [4.69, 9.17) is 0 Å². The van der Waals surface area contributed by atoms with Gasteiger partial charge in [0.05, 0.1) is 6.20 Å². The highest BCUT2D eigenvalue weighted by Gasteiger charge is 1.94. The van der Waals surface area contributed by atoms with Crippen LogP contribution in [0.25, 0.3) is 6.08 Å². The summed E-state index contributed by atoms with van der Waals surface area (Å²) < 4.78 is 1.70. The molecule has 16 heavy (non-hydrogen) atoms. The van der Waals surface area contributed by atoms with Gasteiger partial charge in [-0.05, 0) is 19.4 Å². The van der Waals surface area contributed by atoms with Crippen molar-refractivity contribution >= 4 is 12.0 Å². The van der Waals surface area contributed by atoms with Crippen molar-refractivity contribution < 1.29 is 4.79 Å².